The van der Waals surface area contributed by atoms with E-state index in [1.807, 2.05) is 0 Å². The first kappa shape index (κ1) is 46.8. The molecule has 0 radical (unpaired) electrons. The van der Waals surface area contributed by atoms with Gasteiger partial charge in [-0.25, -0.2) is 0 Å². The standard InChI is InChI=1S/C73H58BN5/c1-45-37-47(3)72(48(4)38-45)75(7)69-43-54(44-70-71(69)74(51-21-9-8-10-22-51)61-27-15-20-32-68(61)79(70)73-49(5)39-46(2)40-50(73)6)78-66-35-33-52(76-62-28-16-11-23-55(62)56-24-12-17-29-63(56)76)41-59(66)60-42-53(34-36-67(60)78)77-64-30-18-13-25-57(64)58-26-14-19-31-65(58)77/h8-44H,1-7H3. The van der Waals surface area contributed by atoms with E-state index < -0.39 is 0 Å². The van der Waals surface area contributed by atoms with Crippen LogP contribution in [0.1, 0.15) is 33.4 Å². The lowest BCUT2D eigenvalue weighted by Gasteiger charge is -2.41. The number of fused-ring (bicyclic) bond motifs is 11. The molecule has 11 aromatic carbocycles. The number of aryl methyl sites for hydroxylation is 6. The van der Waals surface area contributed by atoms with Gasteiger partial charge in [0.15, 0.2) is 0 Å². The number of para-hydroxylation sites is 5. The van der Waals surface area contributed by atoms with Crippen LogP contribution in [0.2, 0.25) is 0 Å². The topological polar surface area (TPSA) is 21.3 Å². The van der Waals surface area contributed by atoms with Gasteiger partial charge in [-0.3, -0.25) is 0 Å². The van der Waals surface area contributed by atoms with Crippen molar-refractivity contribution in [2.75, 3.05) is 16.8 Å². The second kappa shape index (κ2) is 17.8. The van der Waals surface area contributed by atoms with Crippen molar-refractivity contribution in [3.63, 3.8) is 0 Å². The zero-order valence-electron chi connectivity index (χ0n) is 45.7. The van der Waals surface area contributed by atoms with Gasteiger partial charge < -0.3 is 23.5 Å². The summed E-state index contributed by atoms with van der Waals surface area (Å²) in [5, 5.41) is 7.36. The van der Waals surface area contributed by atoms with Gasteiger partial charge in [0.2, 0.25) is 6.71 Å². The maximum absolute atomic E-state index is 2.60. The minimum Gasteiger partial charge on any atom is -0.344 e. The van der Waals surface area contributed by atoms with E-state index >= 15 is 0 Å². The fourth-order valence-electron chi connectivity index (χ4n) is 14.3. The smallest absolute Gasteiger partial charge is 0.249 e. The van der Waals surface area contributed by atoms with E-state index in [9.17, 15) is 0 Å². The summed E-state index contributed by atoms with van der Waals surface area (Å²) in [6, 6.07) is 84.3. The molecule has 0 unspecified atom stereocenters. The maximum Gasteiger partial charge on any atom is 0.249 e. The van der Waals surface area contributed by atoms with Crippen LogP contribution in [0.25, 0.3) is 82.5 Å². The average molecular weight is 1020 g/mol. The molecule has 0 fully saturated rings. The molecule has 5 nitrogen and oxygen atoms in total. The second-order valence-electron chi connectivity index (χ2n) is 22.2. The van der Waals surface area contributed by atoms with Crippen molar-refractivity contribution < 1.29 is 0 Å². The molecule has 378 valence electrons. The summed E-state index contributed by atoms with van der Waals surface area (Å²) in [5.41, 5.74) is 27.7. The van der Waals surface area contributed by atoms with Gasteiger partial charge in [0.05, 0.1) is 44.5 Å². The SMILES string of the molecule is Cc1cc(C)c(N(C)c2cc(-n3c4ccc(-n5c6ccccc6c6ccccc65)cc4c4cc(-n5c6ccccc6c6ccccc65)ccc43)cc3c2B(c2ccccc2)c2ccccc2N3c2c(C)cc(C)cc2C)c(C)c1. The Balaban J connectivity index is 1.08. The predicted octanol–water partition coefficient (Wildman–Crippen LogP) is 16.9. The molecule has 79 heavy (non-hydrogen) atoms. The molecule has 6 heteroatoms. The molecule has 3 aromatic heterocycles. The van der Waals surface area contributed by atoms with Crippen molar-refractivity contribution in [3.05, 3.63) is 258 Å². The molecule has 15 rings (SSSR count). The van der Waals surface area contributed by atoms with Gasteiger partial charge in [-0.1, -0.05) is 162 Å². The van der Waals surface area contributed by atoms with Gasteiger partial charge in [0, 0.05) is 73.5 Å². The Morgan fingerprint density at radius 1 is 0.342 bits per heavy atom. The molecule has 1 aliphatic heterocycles. The first-order valence-electron chi connectivity index (χ1n) is 27.7. The summed E-state index contributed by atoms with van der Waals surface area (Å²) >= 11 is 0. The van der Waals surface area contributed by atoms with Gasteiger partial charge in [-0.05, 0) is 154 Å². The third-order valence-corrected chi connectivity index (χ3v) is 17.1. The van der Waals surface area contributed by atoms with Crippen LogP contribution < -0.4 is 26.2 Å². The van der Waals surface area contributed by atoms with Gasteiger partial charge in [-0.15, -0.1) is 0 Å². The summed E-state index contributed by atoms with van der Waals surface area (Å²) in [7, 11) is 2.29. The van der Waals surface area contributed by atoms with Crippen LogP contribution in [-0.4, -0.2) is 27.5 Å². The summed E-state index contributed by atoms with van der Waals surface area (Å²) in [5.74, 6) is 0. The number of aromatic nitrogens is 3. The molecule has 0 amide bonds. The third-order valence-electron chi connectivity index (χ3n) is 17.1. The highest BCUT2D eigenvalue weighted by Crippen LogP contribution is 2.46. The van der Waals surface area contributed by atoms with Gasteiger partial charge in [-0.2, -0.15) is 0 Å². The molecule has 4 heterocycles. The van der Waals surface area contributed by atoms with Crippen molar-refractivity contribution in [2.45, 2.75) is 41.5 Å². The lowest BCUT2D eigenvalue weighted by Crippen LogP contribution is -2.58. The lowest BCUT2D eigenvalue weighted by molar-refractivity contribution is 1.12. The van der Waals surface area contributed by atoms with Crippen LogP contribution in [0.15, 0.2) is 224 Å². The first-order chi connectivity index (χ1) is 38.6. The minimum absolute atomic E-state index is 0.0621. The number of benzene rings is 11. The third kappa shape index (κ3) is 7.03. The van der Waals surface area contributed by atoms with E-state index in [0.29, 0.717) is 0 Å². The molecule has 0 saturated heterocycles. The molecule has 1 aliphatic rings. The number of nitrogens with zero attached hydrogens (tertiary/aromatic N) is 5. The Bertz CT molecular complexity index is 4520. The molecular weight excluding hydrogens is 958 g/mol. The number of rotatable bonds is 7. The number of anilines is 5. The molecular formula is C73H58BN5. The highest BCUT2D eigenvalue weighted by atomic mass is 15.2. The zero-order chi connectivity index (χ0) is 53.4. The minimum atomic E-state index is -0.0621. The predicted molar refractivity (Wildman–Crippen MR) is 338 cm³/mol. The van der Waals surface area contributed by atoms with Crippen molar-refractivity contribution in [2.24, 2.45) is 0 Å². The highest BCUT2D eigenvalue weighted by Gasteiger charge is 2.40. The van der Waals surface area contributed by atoms with E-state index in [0.717, 1.165) is 33.8 Å². The Hall–Kier alpha value is -9.52. The number of hydrogen-bond donors (Lipinski definition) is 0. The zero-order valence-corrected chi connectivity index (χ0v) is 45.7. The molecule has 0 bridgehead atoms. The van der Waals surface area contributed by atoms with E-state index in [1.54, 1.807) is 0 Å². The normalized spacial score (nSPS) is 12.4. The summed E-state index contributed by atoms with van der Waals surface area (Å²) < 4.78 is 7.45. The van der Waals surface area contributed by atoms with Crippen molar-refractivity contribution in [1.82, 2.24) is 13.7 Å². The average Bonchev–Trinajstić information content (AvgIpc) is 4.33. The Morgan fingerprint density at radius 3 is 1.27 bits per heavy atom. The van der Waals surface area contributed by atoms with Crippen LogP contribution in [0, 0.1) is 41.5 Å². The number of hydrogen-bond acceptors (Lipinski definition) is 2. The monoisotopic (exact) mass is 1020 g/mol. The van der Waals surface area contributed by atoms with Gasteiger partial charge >= 0.3 is 0 Å². The Morgan fingerprint density at radius 2 is 0.759 bits per heavy atom. The van der Waals surface area contributed by atoms with Crippen LogP contribution in [0.3, 0.4) is 0 Å². The van der Waals surface area contributed by atoms with E-state index in [4.69, 9.17) is 0 Å². The summed E-state index contributed by atoms with van der Waals surface area (Å²) in [6.45, 7) is 13.5. The quantitative estimate of drug-likeness (QED) is 0.148. The molecule has 0 saturated carbocycles. The summed E-state index contributed by atoms with van der Waals surface area (Å²) in [6.07, 6.45) is 0. The van der Waals surface area contributed by atoms with Crippen molar-refractivity contribution in [3.8, 4) is 17.1 Å². The van der Waals surface area contributed by atoms with Crippen LogP contribution in [-0.2, 0) is 0 Å². The largest absolute Gasteiger partial charge is 0.344 e. The molecule has 0 aliphatic carbocycles. The molecule has 14 aromatic rings. The maximum atomic E-state index is 2.60. The Kier molecular flexibility index (Phi) is 10.5. The van der Waals surface area contributed by atoms with Gasteiger partial charge in [0.25, 0.3) is 0 Å². The van der Waals surface area contributed by atoms with E-state index in [2.05, 4.69) is 297 Å². The van der Waals surface area contributed by atoms with Crippen molar-refractivity contribution >= 4 is 117 Å². The second-order valence-corrected chi connectivity index (χ2v) is 22.2. The fourth-order valence-corrected chi connectivity index (χ4v) is 14.3. The first-order valence-corrected chi connectivity index (χ1v) is 27.7. The Labute approximate surface area is 461 Å². The lowest BCUT2D eigenvalue weighted by atomic mass is 9.34. The van der Waals surface area contributed by atoms with Crippen LogP contribution in [0.4, 0.5) is 28.4 Å². The van der Waals surface area contributed by atoms with E-state index in [-0.39, 0.29) is 6.71 Å². The molecule has 0 atom stereocenters. The fraction of sp³-hybridized carbons (Fsp3) is 0.0959. The van der Waals surface area contributed by atoms with Gasteiger partial charge in [0.1, 0.15) is 0 Å². The van der Waals surface area contributed by atoms with Crippen LogP contribution in [0.5, 0.6) is 0 Å². The molecule has 0 N–H and O–H groups in total. The van der Waals surface area contributed by atoms with Crippen molar-refractivity contribution in [1.29, 1.82) is 0 Å². The van der Waals surface area contributed by atoms with E-state index in [1.165, 1.54) is 127 Å². The summed E-state index contributed by atoms with van der Waals surface area (Å²) in [4.78, 5) is 5.09. The highest BCUT2D eigenvalue weighted by molar-refractivity contribution is 6.99. The van der Waals surface area contributed by atoms with Crippen LogP contribution >= 0.6 is 0 Å². The molecule has 0 spiro atoms.